The van der Waals surface area contributed by atoms with Crippen LogP contribution < -0.4 is 16.2 Å². The van der Waals surface area contributed by atoms with Gasteiger partial charge in [-0.3, -0.25) is 25.8 Å². The largest absolute Gasteiger partial charge is 0.355 e. The van der Waals surface area contributed by atoms with Gasteiger partial charge in [0, 0.05) is 9.26 Å². The summed E-state index contributed by atoms with van der Waals surface area (Å²) in [6.45, 7) is 0. The first-order valence-corrected chi connectivity index (χ1v) is 9.21. The van der Waals surface area contributed by atoms with Crippen molar-refractivity contribution < 1.29 is 9.72 Å². The zero-order chi connectivity index (χ0) is 19.9. The molecule has 0 saturated heterocycles. The number of carbonyl (C=O) groups excluding carboxylic acids is 1. The number of rotatable bonds is 7. The molecule has 1 amide bonds. The summed E-state index contributed by atoms with van der Waals surface area (Å²) < 4.78 is 1.03. The van der Waals surface area contributed by atoms with Crippen molar-refractivity contribution in [2.75, 3.05) is 10.7 Å². The van der Waals surface area contributed by atoms with Gasteiger partial charge in [0.1, 0.15) is 6.33 Å². The summed E-state index contributed by atoms with van der Waals surface area (Å²) in [6.07, 6.45) is 1.30. The lowest BCUT2D eigenvalue weighted by atomic mass is 10.1. The van der Waals surface area contributed by atoms with Gasteiger partial charge in [0.05, 0.1) is 11.3 Å². The van der Waals surface area contributed by atoms with E-state index in [9.17, 15) is 14.9 Å². The Balaban J connectivity index is 1.74. The number of hydrazine groups is 1. The number of aromatic nitrogens is 2. The molecule has 1 aromatic heterocycles. The Labute approximate surface area is 173 Å². The lowest BCUT2D eigenvalue weighted by Gasteiger charge is -2.11. The molecule has 0 aliphatic heterocycles. The molecule has 0 atom stereocenters. The van der Waals surface area contributed by atoms with Crippen LogP contribution >= 0.6 is 22.6 Å². The van der Waals surface area contributed by atoms with Gasteiger partial charge in [0.2, 0.25) is 17.5 Å². The zero-order valence-corrected chi connectivity index (χ0v) is 16.6. The molecular weight excluding hydrogens is 475 g/mol. The van der Waals surface area contributed by atoms with Crippen molar-refractivity contribution in [3.63, 3.8) is 0 Å². The van der Waals surface area contributed by atoms with Crippen LogP contribution in [0.1, 0.15) is 5.56 Å². The molecule has 142 valence electrons. The van der Waals surface area contributed by atoms with Crippen LogP contribution in [0, 0.1) is 13.7 Å². The normalized spacial score (nSPS) is 10.2. The number of carbonyl (C=O) groups is 1. The van der Waals surface area contributed by atoms with E-state index < -0.39 is 4.92 Å². The number of benzene rings is 2. The number of nitro groups is 1. The molecule has 0 aliphatic rings. The van der Waals surface area contributed by atoms with Crippen LogP contribution in [-0.2, 0) is 11.2 Å². The first-order chi connectivity index (χ1) is 13.5. The van der Waals surface area contributed by atoms with E-state index in [1.54, 1.807) is 12.1 Å². The van der Waals surface area contributed by atoms with E-state index >= 15 is 0 Å². The third kappa shape index (κ3) is 5.13. The molecule has 0 saturated carbocycles. The molecule has 3 rings (SSSR count). The molecule has 0 radical (unpaired) electrons. The van der Waals surface area contributed by atoms with Crippen molar-refractivity contribution in [1.82, 2.24) is 15.4 Å². The fraction of sp³-hybridized carbons (Fsp3) is 0.0556. The maximum Gasteiger partial charge on any atom is 0.355 e. The minimum absolute atomic E-state index is 0.0148. The first-order valence-electron chi connectivity index (χ1n) is 8.13. The topological polar surface area (TPSA) is 122 Å². The highest BCUT2D eigenvalue weighted by atomic mass is 127. The molecule has 3 aromatic rings. The molecule has 2 aromatic carbocycles. The second kappa shape index (κ2) is 9.08. The Morgan fingerprint density at radius 3 is 2.39 bits per heavy atom. The minimum atomic E-state index is -0.610. The Morgan fingerprint density at radius 2 is 1.71 bits per heavy atom. The van der Waals surface area contributed by atoms with E-state index in [-0.39, 0.29) is 29.7 Å². The van der Waals surface area contributed by atoms with E-state index in [0.29, 0.717) is 5.69 Å². The fourth-order valence-corrected chi connectivity index (χ4v) is 2.72. The highest BCUT2D eigenvalue weighted by molar-refractivity contribution is 14.1. The Morgan fingerprint density at radius 1 is 1.04 bits per heavy atom. The van der Waals surface area contributed by atoms with E-state index in [0.717, 1.165) is 9.13 Å². The van der Waals surface area contributed by atoms with Gasteiger partial charge >= 0.3 is 5.69 Å². The van der Waals surface area contributed by atoms with E-state index in [1.807, 2.05) is 42.5 Å². The van der Waals surface area contributed by atoms with Crippen LogP contribution in [-0.4, -0.2) is 20.8 Å². The smallest absolute Gasteiger partial charge is 0.334 e. The molecule has 0 bridgehead atoms. The predicted molar refractivity (Wildman–Crippen MR) is 113 cm³/mol. The molecule has 0 spiro atoms. The number of nitrogens with zero attached hydrogens (tertiary/aromatic N) is 3. The van der Waals surface area contributed by atoms with Gasteiger partial charge in [-0.15, -0.1) is 0 Å². The van der Waals surface area contributed by atoms with E-state index in [2.05, 4.69) is 48.7 Å². The third-order valence-corrected chi connectivity index (χ3v) is 4.36. The second-order valence-corrected chi connectivity index (χ2v) is 6.89. The summed E-state index contributed by atoms with van der Waals surface area (Å²) in [7, 11) is 0. The van der Waals surface area contributed by atoms with Crippen LogP contribution in [0.15, 0.2) is 60.9 Å². The summed E-state index contributed by atoms with van der Waals surface area (Å²) in [6, 6.07) is 16.4. The lowest BCUT2D eigenvalue weighted by molar-refractivity contribution is -0.383. The molecule has 9 nitrogen and oxygen atoms in total. The van der Waals surface area contributed by atoms with Crippen LogP contribution in [0.5, 0.6) is 0 Å². The van der Waals surface area contributed by atoms with Crippen LogP contribution in [0.3, 0.4) is 0 Å². The van der Waals surface area contributed by atoms with Gasteiger partial charge in [-0.05, 0) is 52.4 Å². The number of amides is 1. The maximum absolute atomic E-state index is 12.1. The summed E-state index contributed by atoms with van der Waals surface area (Å²) in [5, 5.41) is 14.5. The minimum Gasteiger partial charge on any atom is -0.334 e. The Kier molecular flexibility index (Phi) is 6.32. The average molecular weight is 490 g/mol. The van der Waals surface area contributed by atoms with Gasteiger partial charge in [-0.25, -0.2) is 9.97 Å². The standard InChI is InChI=1S/C18H15IN6O3/c19-13-6-8-14(9-7-13)22-17-16(25(27)28)18(21-11-20-17)24-23-15(26)10-12-4-2-1-3-5-12/h1-9,11H,10H2,(H,23,26)(H2,20,21,22,24). The van der Waals surface area contributed by atoms with Gasteiger partial charge in [-0.1, -0.05) is 30.3 Å². The number of halogens is 1. The van der Waals surface area contributed by atoms with Crippen molar-refractivity contribution in [2.45, 2.75) is 6.42 Å². The number of hydrogen-bond donors (Lipinski definition) is 3. The van der Waals surface area contributed by atoms with Gasteiger partial charge in [-0.2, -0.15) is 0 Å². The zero-order valence-electron chi connectivity index (χ0n) is 14.4. The van der Waals surface area contributed by atoms with Crippen LogP contribution in [0.2, 0.25) is 0 Å². The molecular formula is C18H15IN6O3. The molecule has 0 unspecified atom stereocenters. The predicted octanol–water partition coefficient (Wildman–Crippen LogP) is 3.42. The number of hydrogen-bond acceptors (Lipinski definition) is 7. The monoisotopic (exact) mass is 490 g/mol. The molecule has 10 heteroatoms. The highest BCUT2D eigenvalue weighted by Gasteiger charge is 2.23. The van der Waals surface area contributed by atoms with Crippen molar-refractivity contribution in [1.29, 1.82) is 0 Å². The summed E-state index contributed by atoms with van der Waals surface area (Å²) in [5.74, 6) is -0.457. The van der Waals surface area contributed by atoms with Crippen molar-refractivity contribution >= 4 is 51.5 Å². The lowest BCUT2D eigenvalue weighted by Crippen LogP contribution is -2.31. The van der Waals surface area contributed by atoms with Crippen LogP contribution in [0.4, 0.5) is 23.0 Å². The average Bonchev–Trinajstić information content (AvgIpc) is 2.69. The van der Waals surface area contributed by atoms with Crippen molar-refractivity contribution in [2.24, 2.45) is 0 Å². The van der Waals surface area contributed by atoms with Gasteiger partial charge < -0.3 is 5.32 Å². The van der Waals surface area contributed by atoms with Gasteiger partial charge in [0.25, 0.3) is 0 Å². The van der Waals surface area contributed by atoms with Crippen molar-refractivity contribution in [3.8, 4) is 0 Å². The SMILES string of the molecule is O=C(Cc1ccccc1)NNc1ncnc(Nc2ccc(I)cc2)c1[N+](=O)[O-]. The number of nitrogens with one attached hydrogen (secondary N) is 3. The molecule has 0 aliphatic carbocycles. The van der Waals surface area contributed by atoms with Crippen molar-refractivity contribution in [3.05, 3.63) is 80.2 Å². The Bertz CT molecular complexity index is 982. The molecule has 3 N–H and O–H groups in total. The second-order valence-electron chi connectivity index (χ2n) is 5.64. The highest BCUT2D eigenvalue weighted by Crippen LogP contribution is 2.30. The van der Waals surface area contributed by atoms with Gasteiger partial charge in [0.15, 0.2) is 0 Å². The van der Waals surface area contributed by atoms with E-state index in [4.69, 9.17) is 0 Å². The van der Waals surface area contributed by atoms with E-state index in [1.165, 1.54) is 6.33 Å². The maximum atomic E-state index is 12.1. The quantitative estimate of drug-likeness (QED) is 0.264. The Hall–Kier alpha value is -3.28. The van der Waals surface area contributed by atoms with Crippen LogP contribution in [0.25, 0.3) is 0 Å². The third-order valence-electron chi connectivity index (χ3n) is 3.64. The molecule has 28 heavy (non-hydrogen) atoms. The summed E-state index contributed by atoms with van der Waals surface area (Å²) in [4.78, 5) is 30.8. The fourth-order valence-electron chi connectivity index (χ4n) is 2.36. The first kappa shape index (κ1) is 19.5. The molecule has 1 heterocycles. The summed E-state index contributed by atoms with van der Waals surface area (Å²) >= 11 is 2.16. The summed E-state index contributed by atoms with van der Waals surface area (Å²) in [5.41, 5.74) is 6.03. The molecule has 0 fully saturated rings. The number of anilines is 3.